The van der Waals surface area contributed by atoms with E-state index in [9.17, 15) is 0 Å². The van der Waals surface area contributed by atoms with Crippen molar-refractivity contribution in [2.75, 3.05) is 72.0 Å². The fraction of sp³-hybridized carbons (Fsp3) is 1.00. The first-order chi connectivity index (χ1) is 9.81. The lowest BCUT2D eigenvalue weighted by molar-refractivity contribution is 0.0978. The van der Waals surface area contributed by atoms with Gasteiger partial charge < -0.3 is 20.0 Å². The lowest BCUT2D eigenvalue weighted by Crippen LogP contribution is -2.48. The van der Waals surface area contributed by atoms with Crippen molar-refractivity contribution in [3.8, 4) is 0 Å². The SMILES string of the molecule is CCNCCN1CCC(CN2CCN(CC)CC2)CC1. The summed E-state index contributed by atoms with van der Waals surface area (Å²) >= 11 is 0. The van der Waals surface area contributed by atoms with Crippen molar-refractivity contribution < 1.29 is 0 Å². The van der Waals surface area contributed by atoms with Crippen molar-refractivity contribution in [3.05, 3.63) is 0 Å². The van der Waals surface area contributed by atoms with Crippen LogP contribution in [-0.2, 0) is 0 Å². The molecule has 1 N–H and O–H groups in total. The number of nitrogens with zero attached hydrogens (tertiary/aromatic N) is 3. The summed E-state index contributed by atoms with van der Waals surface area (Å²) in [5, 5.41) is 3.43. The minimum Gasteiger partial charge on any atom is -0.316 e. The third-order valence-corrected chi connectivity index (χ3v) is 4.99. The summed E-state index contributed by atoms with van der Waals surface area (Å²) in [6.45, 7) is 18.3. The van der Waals surface area contributed by atoms with Crippen LogP contribution in [0.3, 0.4) is 0 Å². The molecule has 0 spiro atoms. The molecule has 2 heterocycles. The molecule has 0 aromatic carbocycles. The number of piperidine rings is 1. The Morgan fingerprint density at radius 3 is 2.10 bits per heavy atom. The van der Waals surface area contributed by atoms with E-state index in [0.717, 1.165) is 19.0 Å². The van der Waals surface area contributed by atoms with Crippen LogP contribution in [-0.4, -0.2) is 86.7 Å². The zero-order chi connectivity index (χ0) is 14.2. The third-order valence-electron chi connectivity index (χ3n) is 4.99. The molecule has 2 aliphatic rings. The summed E-state index contributed by atoms with van der Waals surface area (Å²) in [4.78, 5) is 7.90. The normalized spacial score (nSPS) is 24.3. The maximum Gasteiger partial charge on any atom is 0.0110 e. The Labute approximate surface area is 125 Å². The average molecular weight is 282 g/mol. The molecular formula is C16H34N4. The number of nitrogens with one attached hydrogen (secondary N) is 1. The second-order valence-corrected chi connectivity index (χ2v) is 6.37. The molecule has 0 unspecified atom stereocenters. The predicted octanol–water partition coefficient (Wildman–Crippen LogP) is 0.945. The highest BCUT2D eigenvalue weighted by Crippen LogP contribution is 2.18. The standard InChI is InChI=1S/C16H34N4/c1-3-17-7-10-19-8-5-16(6-9-19)15-20-13-11-18(4-2)12-14-20/h16-17H,3-15H2,1-2H3. The van der Waals surface area contributed by atoms with Gasteiger partial charge in [-0.1, -0.05) is 13.8 Å². The van der Waals surface area contributed by atoms with Gasteiger partial charge in [0.1, 0.15) is 0 Å². The summed E-state index contributed by atoms with van der Waals surface area (Å²) < 4.78 is 0. The molecule has 0 saturated carbocycles. The molecule has 20 heavy (non-hydrogen) atoms. The highest BCUT2D eigenvalue weighted by Gasteiger charge is 2.23. The number of piperazine rings is 1. The summed E-state index contributed by atoms with van der Waals surface area (Å²) in [5.74, 6) is 0.943. The van der Waals surface area contributed by atoms with Gasteiger partial charge in [-0.2, -0.15) is 0 Å². The molecule has 0 atom stereocenters. The average Bonchev–Trinajstić information content (AvgIpc) is 2.50. The molecule has 0 aliphatic carbocycles. The van der Waals surface area contributed by atoms with Crippen LogP contribution in [0.4, 0.5) is 0 Å². The monoisotopic (exact) mass is 282 g/mol. The molecule has 0 aromatic rings. The Balaban J connectivity index is 1.58. The van der Waals surface area contributed by atoms with Gasteiger partial charge >= 0.3 is 0 Å². The van der Waals surface area contributed by atoms with E-state index in [4.69, 9.17) is 0 Å². The van der Waals surface area contributed by atoms with E-state index in [1.54, 1.807) is 0 Å². The number of hydrogen-bond donors (Lipinski definition) is 1. The van der Waals surface area contributed by atoms with Gasteiger partial charge in [0, 0.05) is 45.8 Å². The van der Waals surface area contributed by atoms with E-state index in [-0.39, 0.29) is 0 Å². The van der Waals surface area contributed by atoms with Gasteiger partial charge in [-0.15, -0.1) is 0 Å². The van der Waals surface area contributed by atoms with Crippen LogP contribution in [0.2, 0.25) is 0 Å². The van der Waals surface area contributed by atoms with Gasteiger partial charge in [-0.3, -0.25) is 0 Å². The van der Waals surface area contributed by atoms with Gasteiger partial charge in [0.05, 0.1) is 0 Å². The molecule has 0 radical (unpaired) electrons. The fourth-order valence-electron chi connectivity index (χ4n) is 3.46. The maximum atomic E-state index is 3.43. The summed E-state index contributed by atoms with van der Waals surface area (Å²) in [7, 11) is 0. The van der Waals surface area contributed by atoms with Crippen molar-refractivity contribution in [1.82, 2.24) is 20.0 Å². The van der Waals surface area contributed by atoms with Crippen LogP contribution >= 0.6 is 0 Å². The molecule has 0 bridgehead atoms. The van der Waals surface area contributed by atoms with Crippen molar-refractivity contribution in [2.45, 2.75) is 26.7 Å². The Hall–Kier alpha value is -0.160. The Kier molecular flexibility index (Phi) is 7.28. The van der Waals surface area contributed by atoms with E-state index in [1.807, 2.05) is 0 Å². The summed E-state index contributed by atoms with van der Waals surface area (Å²) in [6.07, 6.45) is 2.81. The first-order valence-corrected chi connectivity index (χ1v) is 8.69. The Bertz CT molecular complexity index is 243. The van der Waals surface area contributed by atoms with Crippen molar-refractivity contribution >= 4 is 0 Å². The van der Waals surface area contributed by atoms with E-state index >= 15 is 0 Å². The quantitative estimate of drug-likeness (QED) is 0.702. The molecule has 2 rings (SSSR count). The molecule has 0 aromatic heterocycles. The molecule has 2 fully saturated rings. The molecule has 2 saturated heterocycles. The van der Waals surface area contributed by atoms with Crippen molar-refractivity contribution in [3.63, 3.8) is 0 Å². The lowest BCUT2D eigenvalue weighted by Gasteiger charge is -2.38. The number of likely N-dealkylation sites (tertiary alicyclic amines) is 1. The highest BCUT2D eigenvalue weighted by atomic mass is 15.3. The predicted molar refractivity (Wildman–Crippen MR) is 86.3 cm³/mol. The van der Waals surface area contributed by atoms with Crippen LogP contribution in [0.25, 0.3) is 0 Å². The van der Waals surface area contributed by atoms with Gasteiger partial charge in [-0.25, -0.2) is 0 Å². The first-order valence-electron chi connectivity index (χ1n) is 8.69. The number of likely N-dealkylation sites (N-methyl/N-ethyl adjacent to an activating group) is 2. The molecule has 4 nitrogen and oxygen atoms in total. The van der Waals surface area contributed by atoms with Crippen molar-refractivity contribution in [2.24, 2.45) is 5.92 Å². The summed E-state index contributed by atoms with van der Waals surface area (Å²) in [6, 6.07) is 0. The largest absolute Gasteiger partial charge is 0.316 e. The molecule has 0 amide bonds. The van der Waals surface area contributed by atoms with E-state index in [2.05, 4.69) is 33.9 Å². The van der Waals surface area contributed by atoms with Crippen molar-refractivity contribution in [1.29, 1.82) is 0 Å². The van der Waals surface area contributed by atoms with Gasteiger partial charge in [0.25, 0.3) is 0 Å². The lowest BCUT2D eigenvalue weighted by atomic mass is 9.96. The van der Waals surface area contributed by atoms with E-state index < -0.39 is 0 Å². The zero-order valence-electron chi connectivity index (χ0n) is 13.6. The minimum absolute atomic E-state index is 0.943. The fourth-order valence-corrected chi connectivity index (χ4v) is 3.46. The Morgan fingerprint density at radius 2 is 1.50 bits per heavy atom. The second kappa shape index (κ2) is 8.98. The van der Waals surface area contributed by atoms with E-state index in [1.165, 1.54) is 71.7 Å². The van der Waals surface area contributed by atoms with Gasteiger partial charge in [0.15, 0.2) is 0 Å². The topological polar surface area (TPSA) is 21.8 Å². The van der Waals surface area contributed by atoms with Crippen LogP contribution in [0, 0.1) is 5.92 Å². The molecule has 4 heteroatoms. The number of rotatable bonds is 7. The number of hydrogen-bond acceptors (Lipinski definition) is 4. The molecule has 118 valence electrons. The smallest absolute Gasteiger partial charge is 0.0110 e. The third kappa shape index (κ3) is 5.32. The van der Waals surface area contributed by atoms with Gasteiger partial charge in [-0.05, 0) is 44.9 Å². The van der Waals surface area contributed by atoms with Crippen LogP contribution in [0.1, 0.15) is 26.7 Å². The van der Waals surface area contributed by atoms with Gasteiger partial charge in [0.2, 0.25) is 0 Å². The Morgan fingerprint density at radius 1 is 0.850 bits per heavy atom. The highest BCUT2D eigenvalue weighted by molar-refractivity contribution is 4.78. The van der Waals surface area contributed by atoms with Crippen LogP contribution in [0.15, 0.2) is 0 Å². The summed E-state index contributed by atoms with van der Waals surface area (Å²) in [5.41, 5.74) is 0. The molecular weight excluding hydrogens is 248 g/mol. The zero-order valence-corrected chi connectivity index (χ0v) is 13.6. The molecule has 2 aliphatic heterocycles. The van der Waals surface area contributed by atoms with Crippen LogP contribution in [0.5, 0.6) is 0 Å². The second-order valence-electron chi connectivity index (χ2n) is 6.37. The first kappa shape index (κ1) is 16.2. The maximum absolute atomic E-state index is 3.43. The minimum atomic E-state index is 0.943. The van der Waals surface area contributed by atoms with E-state index in [0.29, 0.717) is 0 Å². The van der Waals surface area contributed by atoms with Crippen LogP contribution < -0.4 is 5.32 Å².